The van der Waals surface area contributed by atoms with Crippen LogP contribution < -0.4 is 0 Å². The molecule has 2 rings (SSSR count). The Morgan fingerprint density at radius 2 is 2.00 bits per heavy atom. The van der Waals surface area contributed by atoms with Crippen molar-refractivity contribution in [3.05, 3.63) is 14.7 Å². The maximum Gasteiger partial charge on any atom is 0.244 e. The van der Waals surface area contributed by atoms with Crippen LogP contribution >= 0.6 is 43.2 Å². The van der Waals surface area contributed by atoms with Gasteiger partial charge in [-0.25, -0.2) is 8.42 Å². The second-order valence-electron chi connectivity index (χ2n) is 5.07. The first-order chi connectivity index (χ1) is 9.46. The zero-order valence-electron chi connectivity index (χ0n) is 11.4. The van der Waals surface area contributed by atoms with E-state index in [1.807, 2.05) is 6.92 Å². The predicted octanol–water partition coefficient (Wildman–Crippen LogP) is 4.54. The van der Waals surface area contributed by atoms with Crippen molar-refractivity contribution in [2.24, 2.45) is 0 Å². The first-order valence-electron chi connectivity index (χ1n) is 6.80. The highest BCUT2D eigenvalue weighted by Crippen LogP contribution is 2.34. The molecule has 1 aliphatic rings. The minimum absolute atomic E-state index is 0.157. The van der Waals surface area contributed by atoms with E-state index in [1.54, 1.807) is 10.4 Å². The van der Waals surface area contributed by atoms with Crippen LogP contribution in [-0.2, 0) is 10.0 Å². The van der Waals surface area contributed by atoms with E-state index in [1.165, 1.54) is 17.8 Å². The lowest BCUT2D eigenvalue weighted by atomic mass is 9.95. The van der Waals surface area contributed by atoms with Gasteiger partial charge in [0.2, 0.25) is 10.0 Å². The molecule has 3 nitrogen and oxygen atoms in total. The topological polar surface area (TPSA) is 37.4 Å². The number of halogens is 2. The lowest BCUT2D eigenvalue weighted by Crippen LogP contribution is -2.42. The van der Waals surface area contributed by atoms with Gasteiger partial charge in [-0.1, -0.05) is 35.2 Å². The summed E-state index contributed by atoms with van der Waals surface area (Å²) in [5.74, 6) is 0. The predicted molar refractivity (Wildman–Crippen MR) is 91.3 cm³/mol. The Labute approximate surface area is 142 Å². The monoisotopic (exact) mass is 443 g/mol. The summed E-state index contributed by atoms with van der Waals surface area (Å²) in [6.07, 6.45) is 5.45. The van der Waals surface area contributed by atoms with Crippen LogP contribution in [-0.4, -0.2) is 30.6 Å². The Hall–Kier alpha value is 0.570. The normalized spacial score (nSPS) is 17.8. The Bertz CT molecular complexity index is 551. The quantitative estimate of drug-likeness (QED) is 0.625. The fourth-order valence-corrected chi connectivity index (χ4v) is 7.45. The third-order valence-corrected chi connectivity index (χ3v) is 7.83. The molecule has 0 atom stereocenters. The summed E-state index contributed by atoms with van der Waals surface area (Å²) in [5.41, 5.74) is 0. The second-order valence-corrected chi connectivity index (χ2v) is 10.4. The van der Waals surface area contributed by atoms with Gasteiger partial charge in [0.1, 0.15) is 0 Å². The summed E-state index contributed by atoms with van der Waals surface area (Å²) in [7, 11) is -3.39. The summed E-state index contributed by atoms with van der Waals surface area (Å²) >= 11 is 8.26. The highest BCUT2D eigenvalue weighted by atomic mass is 79.9. The first-order valence-corrected chi connectivity index (χ1v) is 11.0. The van der Waals surface area contributed by atoms with E-state index >= 15 is 0 Å². The smallest absolute Gasteiger partial charge is 0.207 e. The molecule has 1 aromatic rings. The van der Waals surface area contributed by atoms with Gasteiger partial charge in [-0.3, -0.25) is 0 Å². The van der Waals surface area contributed by atoms with E-state index in [4.69, 9.17) is 0 Å². The van der Waals surface area contributed by atoms with Gasteiger partial charge in [0.05, 0.1) is 8.68 Å². The minimum atomic E-state index is -3.39. The van der Waals surface area contributed by atoms with Crippen LogP contribution in [0.2, 0.25) is 0 Å². The molecule has 7 heteroatoms. The summed E-state index contributed by atoms with van der Waals surface area (Å²) in [4.78, 5) is 1.31. The molecule has 0 saturated heterocycles. The Kier molecular flexibility index (Phi) is 6.11. The van der Waals surface area contributed by atoms with Crippen molar-refractivity contribution in [2.75, 3.05) is 11.9 Å². The van der Waals surface area contributed by atoms with Gasteiger partial charge in [0.15, 0.2) is 0 Å². The molecule has 1 fully saturated rings. The molecular weight excluding hydrogens is 426 g/mol. The molecule has 0 N–H and O–H groups in total. The Morgan fingerprint density at radius 1 is 1.35 bits per heavy atom. The number of hydrogen-bond donors (Lipinski definition) is 0. The van der Waals surface area contributed by atoms with Gasteiger partial charge in [0.25, 0.3) is 0 Å². The van der Waals surface area contributed by atoms with Crippen LogP contribution in [0.5, 0.6) is 0 Å². The molecule has 0 aromatic carbocycles. The SMILES string of the molecule is Cc1sc(Br)cc1S(=O)(=O)N(CCBr)C1CCCCC1. The molecule has 114 valence electrons. The number of sulfonamides is 1. The number of aryl methyl sites for hydroxylation is 1. The van der Waals surface area contributed by atoms with Crippen molar-refractivity contribution in [1.29, 1.82) is 0 Å². The third-order valence-electron chi connectivity index (χ3n) is 3.72. The molecule has 0 radical (unpaired) electrons. The fourth-order valence-electron chi connectivity index (χ4n) is 2.76. The van der Waals surface area contributed by atoms with Gasteiger partial charge < -0.3 is 0 Å². The van der Waals surface area contributed by atoms with Gasteiger partial charge in [0, 0.05) is 22.8 Å². The molecule has 20 heavy (non-hydrogen) atoms. The Morgan fingerprint density at radius 3 is 2.50 bits per heavy atom. The van der Waals surface area contributed by atoms with Crippen LogP contribution in [0.4, 0.5) is 0 Å². The van der Waals surface area contributed by atoms with Crippen LogP contribution in [0.3, 0.4) is 0 Å². The van der Waals surface area contributed by atoms with E-state index in [9.17, 15) is 8.42 Å². The molecule has 0 aliphatic heterocycles. The van der Waals surface area contributed by atoms with Crippen molar-refractivity contribution in [3.8, 4) is 0 Å². The maximum absolute atomic E-state index is 12.9. The number of alkyl halides is 1. The summed E-state index contributed by atoms with van der Waals surface area (Å²) in [6, 6.07) is 1.89. The van der Waals surface area contributed by atoms with E-state index < -0.39 is 10.0 Å². The van der Waals surface area contributed by atoms with E-state index in [0.29, 0.717) is 16.8 Å². The molecule has 0 amide bonds. The van der Waals surface area contributed by atoms with Crippen molar-refractivity contribution in [1.82, 2.24) is 4.31 Å². The molecule has 1 aliphatic carbocycles. The Balaban J connectivity index is 2.33. The second kappa shape index (κ2) is 7.22. The number of rotatable bonds is 5. The number of hydrogen-bond acceptors (Lipinski definition) is 3. The van der Waals surface area contributed by atoms with Gasteiger partial charge in [-0.2, -0.15) is 4.31 Å². The average Bonchev–Trinajstić information content (AvgIpc) is 2.76. The minimum Gasteiger partial charge on any atom is -0.207 e. The van der Waals surface area contributed by atoms with Crippen molar-refractivity contribution in [2.45, 2.75) is 50.0 Å². The van der Waals surface area contributed by atoms with Crippen LogP contribution in [0, 0.1) is 6.92 Å². The molecule has 0 bridgehead atoms. The molecular formula is C13H19Br2NO2S2. The van der Waals surface area contributed by atoms with Crippen LogP contribution in [0.1, 0.15) is 37.0 Å². The number of nitrogens with zero attached hydrogens (tertiary/aromatic N) is 1. The van der Waals surface area contributed by atoms with Gasteiger partial charge in [-0.15, -0.1) is 11.3 Å². The van der Waals surface area contributed by atoms with Crippen LogP contribution in [0.25, 0.3) is 0 Å². The first kappa shape index (κ1) is 16.9. The lowest BCUT2D eigenvalue weighted by molar-refractivity contribution is 0.263. The highest BCUT2D eigenvalue weighted by Gasteiger charge is 2.33. The summed E-state index contributed by atoms with van der Waals surface area (Å²) in [5, 5.41) is 0.674. The molecule has 0 unspecified atom stereocenters. The van der Waals surface area contributed by atoms with E-state index in [-0.39, 0.29) is 6.04 Å². The maximum atomic E-state index is 12.9. The average molecular weight is 445 g/mol. The van der Waals surface area contributed by atoms with Crippen molar-refractivity contribution in [3.63, 3.8) is 0 Å². The summed E-state index contributed by atoms with van der Waals surface area (Å²) in [6.45, 7) is 2.41. The molecule has 1 saturated carbocycles. The van der Waals surface area contributed by atoms with Crippen molar-refractivity contribution < 1.29 is 8.42 Å². The third kappa shape index (κ3) is 3.66. The molecule has 1 aromatic heterocycles. The standard InChI is InChI=1S/C13H19Br2NO2S2/c1-10-12(9-13(15)19-10)20(17,18)16(8-7-14)11-5-3-2-4-6-11/h9,11H,2-8H2,1H3. The number of thiophene rings is 1. The largest absolute Gasteiger partial charge is 0.244 e. The zero-order chi connectivity index (χ0) is 14.8. The van der Waals surface area contributed by atoms with E-state index in [2.05, 4.69) is 31.9 Å². The van der Waals surface area contributed by atoms with Gasteiger partial charge in [-0.05, 0) is 41.8 Å². The van der Waals surface area contributed by atoms with Gasteiger partial charge >= 0.3 is 0 Å². The molecule has 1 heterocycles. The lowest BCUT2D eigenvalue weighted by Gasteiger charge is -2.33. The van der Waals surface area contributed by atoms with E-state index in [0.717, 1.165) is 34.3 Å². The molecule has 0 spiro atoms. The van der Waals surface area contributed by atoms with Crippen LogP contribution in [0.15, 0.2) is 14.7 Å². The van der Waals surface area contributed by atoms with Crippen molar-refractivity contribution >= 4 is 53.2 Å². The highest BCUT2D eigenvalue weighted by molar-refractivity contribution is 9.11. The summed E-state index contributed by atoms with van der Waals surface area (Å²) < 4.78 is 28.5. The zero-order valence-corrected chi connectivity index (χ0v) is 16.2. The fraction of sp³-hybridized carbons (Fsp3) is 0.692.